The van der Waals surface area contributed by atoms with E-state index in [0.29, 0.717) is 0 Å². The molecule has 0 radical (unpaired) electrons. The van der Waals surface area contributed by atoms with Crippen LogP contribution in [0.5, 0.6) is 0 Å². The Labute approximate surface area is 149 Å². The molecule has 0 bridgehead atoms. The number of guanidine groups is 1. The van der Waals surface area contributed by atoms with Crippen molar-refractivity contribution in [1.82, 2.24) is 20.2 Å². The molecule has 3 rings (SSSR count). The molecule has 1 aromatic heterocycles. The maximum absolute atomic E-state index is 4.81. The molecule has 132 valence electrons. The molecule has 1 aromatic carbocycles. The molecule has 0 amide bonds. The van der Waals surface area contributed by atoms with Crippen LogP contribution in [-0.2, 0) is 6.42 Å². The fraction of sp³-hybridized carbons (Fsp3) is 0.421. The molecule has 2 aromatic rings. The van der Waals surface area contributed by atoms with Gasteiger partial charge in [-0.25, -0.2) is 9.97 Å². The van der Waals surface area contributed by atoms with Crippen LogP contribution < -0.4 is 10.2 Å². The van der Waals surface area contributed by atoms with Crippen LogP contribution in [-0.4, -0.2) is 60.1 Å². The van der Waals surface area contributed by atoms with E-state index in [2.05, 4.69) is 56.3 Å². The average molecular weight is 338 g/mol. The highest BCUT2D eigenvalue weighted by Gasteiger charge is 2.20. The van der Waals surface area contributed by atoms with Crippen molar-refractivity contribution in [2.45, 2.75) is 13.3 Å². The van der Waals surface area contributed by atoms with Gasteiger partial charge in [0.15, 0.2) is 5.96 Å². The molecule has 6 heteroatoms. The smallest absolute Gasteiger partial charge is 0.225 e. The topological polar surface area (TPSA) is 56.7 Å². The molecule has 1 saturated heterocycles. The molecule has 1 aliphatic rings. The molecule has 6 nitrogen and oxygen atoms in total. The third-order valence-electron chi connectivity index (χ3n) is 4.25. The molecule has 2 heterocycles. The summed E-state index contributed by atoms with van der Waals surface area (Å²) in [5.41, 5.74) is 1.33. The van der Waals surface area contributed by atoms with E-state index in [1.807, 2.05) is 12.1 Å². The third kappa shape index (κ3) is 4.92. The van der Waals surface area contributed by atoms with E-state index in [9.17, 15) is 0 Å². The minimum absolute atomic E-state index is 0.800. The van der Waals surface area contributed by atoms with Gasteiger partial charge in [0.1, 0.15) is 0 Å². The summed E-state index contributed by atoms with van der Waals surface area (Å²) in [4.78, 5) is 18.0. The summed E-state index contributed by atoms with van der Waals surface area (Å²) in [5, 5.41) is 3.42. The lowest BCUT2D eigenvalue weighted by Crippen LogP contribution is -2.53. The maximum atomic E-state index is 4.81. The van der Waals surface area contributed by atoms with Crippen LogP contribution in [0.3, 0.4) is 0 Å². The number of hydrogen-bond acceptors (Lipinski definition) is 4. The number of nitrogens with one attached hydrogen (secondary N) is 1. The summed E-state index contributed by atoms with van der Waals surface area (Å²) < 4.78 is 0. The van der Waals surface area contributed by atoms with Crippen LogP contribution in [0.25, 0.3) is 0 Å². The predicted molar refractivity (Wildman–Crippen MR) is 102 cm³/mol. The normalized spacial score (nSPS) is 15.3. The van der Waals surface area contributed by atoms with Crippen LogP contribution in [0.2, 0.25) is 0 Å². The molecule has 0 atom stereocenters. The van der Waals surface area contributed by atoms with Gasteiger partial charge in [-0.2, -0.15) is 0 Å². The molecule has 1 fully saturated rings. The monoisotopic (exact) mass is 338 g/mol. The van der Waals surface area contributed by atoms with E-state index in [-0.39, 0.29) is 0 Å². The van der Waals surface area contributed by atoms with Gasteiger partial charge in [0.25, 0.3) is 0 Å². The van der Waals surface area contributed by atoms with Crippen molar-refractivity contribution in [2.24, 2.45) is 4.99 Å². The first-order chi connectivity index (χ1) is 12.4. The molecule has 1 aliphatic heterocycles. The van der Waals surface area contributed by atoms with Crippen LogP contribution in [0.1, 0.15) is 12.5 Å². The Morgan fingerprint density at radius 3 is 2.44 bits per heavy atom. The molecule has 0 saturated carbocycles. The van der Waals surface area contributed by atoms with Crippen molar-refractivity contribution in [1.29, 1.82) is 0 Å². The van der Waals surface area contributed by atoms with Crippen molar-refractivity contribution in [3.05, 3.63) is 54.4 Å². The fourth-order valence-electron chi connectivity index (χ4n) is 2.93. The number of hydrogen-bond donors (Lipinski definition) is 1. The zero-order valence-corrected chi connectivity index (χ0v) is 14.8. The van der Waals surface area contributed by atoms with E-state index in [1.165, 1.54) is 5.56 Å². The largest absolute Gasteiger partial charge is 0.357 e. The highest BCUT2D eigenvalue weighted by molar-refractivity contribution is 5.80. The summed E-state index contributed by atoms with van der Waals surface area (Å²) >= 11 is 0. The van der Waals surface area contributed by atoms with Crippen LogP contribution in [0.4, 0.5) is 5.95 Å². The Morgan fingerprint density at radius 2 is 1.76 bits per heavy atom. The summed E-state index contributed by atoms with van der Waals surface area (Å²) in [6.07, 6.45) is 4.56. The van der Waals surface area contributed by atoms with Gasteiger partial charge in [-0.05, 0) is 25.0 Å². The van der Waals surface area contributed by atoms with Crippen LogP contribution in [0.15, 0.2) is 53.8 Å². The van der Waals surface area contributed by atoms with Crippen molar-refractivity contribution in [2.75, 3.05) is 44.2 Å². The van der Waals surface area contributed by atoms with Crippen molar-refractivity contribution < 1.29 is 0 Å². The van der Waals surface area contributed by atoms with Gasteiger partial charge < -0.3 is 15.1 Å². The van der Waals surface area contributed by atoms with Gasteiger partial charge in [0.05, 0.1) is 0 Å². The molecular formula is C19H26N6. The standard InChI is InChI=1S/C19H26N6/c1-2-20-18(23-12-9-17-7-4-3-5-8-17)24-13-15-25(16-14-24)19-21-10-6-11-22-19/h3-8,10-11H,2,9,12-16H2,1H3,(H,20,23). The van der Waals surface area contributed by atoms with Crippen molar-refractivity contribution >= 4 is 11.9 Å². The first-order valence-corrected chi connectivity index (χ1v) is 8.96. The second-order valence-corrected chi connectivity index (χ2v) is 5.99. The van der Waals surface area contributed by atoms with E-state index < -0.39 is 0 Å². The molecule has 0 unspecified atom stereocenters. The summed E-state index contributed by atoms with van der Waals surface area (Å²) in [7, 11) is 0. The molecule has 0 spiro atoms. The summed E-state index contributed by atoms with van der Waals surface area (Å²) in [5.74, 6) is 1.82. The Hall–Kier alpha value is -2.63. The molecule has 1 N–H and O–H groups in total. The van der Waals surface area contributed by atoms with E-state index in [4.69, 9.17) is 4.99 Å². The van der Waals surface area contributed by atoms with Gasteiger partial charge in [-0.15, -0.1) is 0 Å². The number of nitrogens with zero attached hydrogens (tertiary/aromatic N) is 5. The van der Waals surface area contributed by atoms with E-state index in [0.717, 1.165) is 57.6 Å². The number of aliphatic imine (C=N–C) groups is 1. The number of aromatic nitrogens is 2. The van der Waals surface area contributed by atoms with Crippen molar-refractivity contribution in [3.63, 3.8) is 0 Å². The maximum Gasteiger partial charge on any atom is 0.225 e. The van der Waals surface area contributed by atoms with Gasteiger partial charge >= 0.3 is 0 Å². The zero-order chi connectivity index (χ0) is 17.3. The minimum Gasteiger partial charge on any atom is -0.357 e. The first-order valence-electron chi connectivity index (χ1n) is 8.96. The lowest BCUT2D eigenvalue weighted by molar-refractivity contribution is 0.370. The van der Waals surface area contributed by atoms with Crippen LogP contribution in [0, 0.1) is 0 Å². The summed E-state index contributed by atoms with van der Waals surface area (Å²) in [6, 6.07) is 12.4. The predicted octanol–water partition coefficient (Wildman–Crippen LogP) is 1.81. The van der Waals surface area contributed by atoms with Gasteiger partial charge in [-0.1, -0.05) is 30.3 Å². The van der Waals surface area contributed by atoms with Gasteiger partial charge in [0, 0.05) is 51.7 Å². The Balaban J connectivity index is 1.55. The number of anilines is 1. The molecule has 0 aliphatic carbocycles. The lowest BCUT2D eigenvalue weighted by atomic mass is 10.2. The Kier molecular flexibility index (Phi) is 6.20. The van der Waals surface area contributed by atoms with Crippen LogP contribution >= 0.6 is 0 Å². The number of piperazine rings is 1. The second kappa shape index (κ2) is 9.01. The van der Waals surface area contributed by atoms with Gasteiger partial charge in [0.2, 0.25) is 5.95 Å². The van der Waals surface area contributed by atoms with Gasteiger partial charge in [-0.3, -0.25) is 4.99 Å². The third-order valence-corrected chi connectivity index (χ3v) is 4.25. The second-order valence-electron chi connectivity index (χ2n) is 5.99. The summed E-state index contributed by atoms with van der Waals surface area (Å²) in [6.45, 7) is 7.46. The SMILES string of the molecule is CCNC(=NCCc1ccccc1)N1CCN(c2ncccn2)CC1. The zero-order valence-electron chi connectivity index (χ0n) is 14.8. The van der Waals surface area contributed by atoms with E-state index in [1.54, 1.807) is 12.4 Å². The number of rotatable bonds is 5. The van der Waals surface area contributed by atoms with Crippen molar-refractivity contribution in [3.8, 4) is 0 Å². The highest BCUT2D eigenvalue weighted by Crippen LogP contribution is 2.10. The first kappa shape index (κ1) is 17.2. The Morgan fingerprint density at radius 1 is 1.04 bits per heavy atom. The number of benzene rings is 1. The Bertz CT molecular complexity index is 650. The molecular weight excluding hydrogens is 312 g/mol. The molecule has 25 heavy (non-hydrogen) atoms. The minimum atomic E-state index is 0.800. The quantitative estimate of drug-likeness (QED) is 0.666. The van der Waals surface area contributed by atoms with E-state index >= 15 is 0 Å². The highest BCUT2D eigenvalue weighted by atomic mass is 15.4. The average Bonchev–Trinajstić information content (AvgIpc) is 2.69. The lowest BCUT2D eigenvalue weighted by Gasteiger charge is -2.36. The fourth-order valence-corrected chi connectivity index (χ4v) is 2.93.